The molecule has 1 aromatic carbocycles. The Hall–Kier alpha value is -1.79. The van der Waals surface area contributed by atoms with Crippen molar-refractivity contribution in [2.24, 2.45) is 0 Å². The third-order valence-electron chi connectivity index (χ3n) is 3.84. The second kappa shape index (κ2) is 5.68. The number of thioether (sulfide) groups is 1. The molecule has 20 heavy (non-hydrogen) atoms. The predicted octanol–water partition coefficient (Wildman–Crippen LogP) is 4.22. The minimum absolute atomic E-state index is 0.798. The van der Waals surface area contributed by atoms with Crippen LogP contribution in [0.2, 0.25) is 0 Å². The van der Waals surface area contributed by atoms with Gasteiger partial charge in [-0.25, -0.2) is 4.98 Å². The van der Waals surface area contributed by atoms with Crippen molar-refractivity contribution in [3.8, 4) is 17.3 Å². The maximum Gasteiger partial charge on any atom is 0.115 e. The number of hydrogen-bond acceptors (Lipinski definition) is 3. The maximum absolute atomic E-state index is 9.46. The predicted molar refractivity (Wildman–Crippen MR) is 82.8 cm³/mol. The van der Waals surface area contributed by atoms with Gasteiger partial charge in [-0.05, 0) is 43.1 Å². The van der Waals surface area contributed by atoms with Crippen molar-refractivity contribution in [3.63, 3.8) is 0 Å². The van der Waals surface area contributed by atoms with Crippen LogP contribution in [0.4, 0.5) is 0 Å². The molecule has 0 unspecified atom stereocenters. The first-order valence-corrected chi connectivity index (χ1v) is 8.13. The number of benzene rings is 1. The lowest BCUT2D eigenvalue weighted by atomic mass is 9.86. The Kier molecular flexibility index (Phi) is 3.75. The molecular weight excluding hydrogens is 264 g/mol. The molecule has 2 aromatic rings. The van der Waals surface area contributed by atoms with Crippen LogP contribution in [0.5, 0.6) is 0 Å². The molecule has 3 rings (SSSR count). The Bertz CT molecular complexity index is 672. The van der Waals surface area contributed by atoms with E-state index in [0.29, 0.717) is 0 Å². The molecule has 0 radical (unpaired) electrons. The summed E-state index contributed by atoms with van der Waals surface area (Å²) in [5.41, 5.74) is 5.55. The Morgan fingerprint density at radius 3 is 2.45 bits per heavy atom. The zero-order chi connectivity index (χ0) is 13.9. The van der Waals surface area contributed by atoms with Gasteiger partial charge in [0.1, 0.15) is 11.1 Å². The van der Waals surface area contributed by atoms with Gasteiger partial charge in [0.2, 0.25) is 0 Å². The molecule has 0 saturated carbocycles. The molecule has 1 aromatic heterocycles. The first-order valence-electron chi connectivity index (χ1n) is 6.90. The van der Waals surface area contributed by atoms with Gasteiger partial charge in [0.15, 0.2) is 0 Å². The van der Waals surface area contributed by atoms with Crippen LogP contribution in [0.3, 0.4) is 0 Å². The summed E-state index contributed by atoms with van der Waals surface area (Å²) < 4.78 is 0. The summed E-state index contributed by atoms with van der Waals surface area (Å²) in [5.74, 6) is 0. The molecule has 100 valence electrons. The lowest BCUT2D eigenvalue weighted by molar-refractivity contribution is 0.677. The molecule has 0 spiro atoms. The molecule has 0 amide bonds. The average molecular weight is 280 g/mol. The third kappa shape index (κ3) is 2.21. The molecule has 1 aliphatic carbocycles. The van der Waals surface area contributed by atoms with E-state index in [2.05, 4.69) is 18.2 Å². The van der Waals surface area contributed by atoms with Crippen molar-refractivity contribution in [1.82, 2.24) is 4.98 Å². The summed E-state index contributed by atoms with van der Waals surface area (Å²) >= 11 is 1.57. The van der Waals surface area contributed by atoms with Gasteiger partial charge in [-0.3, -0.25) is 0 Å². The van der Waals surface area contributed by atoms with Gasteiger partial charge in [0.25, 0.3) is 0 Å². The van der Waals surface area contributed by atoms with Crippen LogP contribution in [-0.4, -0.2) is 11.2 Å². The Balaban J connectivity index is 2.28. The molecule has 0 fully saturated rings. The first-order chi connectivity index (χ1) is 9.85. The topological polar surface area (TPSA) is 36.7 Å². The minimum Gasteiger partial charge on any atom is -0.240 e. The molecule has 1 aliphatic rings. The fraction of sp³-hybridized carbons (Fsp3) is 0.294. The monoisotopic (exact) mass is 280 g/mol. The third-order valence-corrected chi connectivity index (χ3v) is 4.52. The van der Waals surface area contributed by atoms with E-state index in [4.69, 9.17) is 4.98 Å². The summed E-state index contributed by atoms with van der Waals surface area (Å²) in [5, 5.41) is 10.3. The number of nitriles is 1. The standard InChI is InChI=1S/C17H16N2S/c1-20-17-15(11-18)13-9-5-6-10-14(13)16(19-17)12-7-3-2-4-8-12/h2-4,7-8H,5-6,9-10H2,1H3. The van der Waals surface area contributed by atoms with Crippen LogP contribution in [0.25, 0.3) is 11.3 Å². The summed E-state index contributed by atoms with van der Waals surface area (Å²) in [6.45, 7) is 0. The van der Waals surface area contributed by atoms with Crippen LogP contribution >= 0.6 is 11.8 Å². The quantitative estimate of drug-likeness (QED) is 0.773. The van der Waals surface area contributed by atoms with Crippen molar-refractivity contribution in [1.29, 1.82) is 5.26 Å². The van der Waals surface area contributed by atoms with Crippen molar-refractivity contribution < 1.29 is 0 Å². The summed E-state index contributed by atoms with van der Waals surface area (Å²) in [6, 6.07) is 12.7. The van der Waals surface area contributed by atoms with Gasteiger partial charge < -0.3 is 0 Å². The van der Waals surface area contributed by atoms with E-state index in [1.54, 1.807) is 11.8 Å². The molecule has 0 aliphatic heterocycles. The number of rotatable bonds is 2. The summed E-state index contributed by atoms with van der Waals surface area (Å²) in [6.07, 6.45) is 6.41. The lowest BCUT2D eigenvalue weighted by Gasteiger charge is -2.21. The van der Waals surface area contributed by atoms with E-state index < -0.39 is 0 Å². The van der Waals surface area contributed by atoms with E-state index in [0.717, 1.165) is 34.7 Å². The second-order valence-corrected chi connectivity index (χ2v) is 5.78. The van der Waals surface area contributed by atoms with Gasteiger partial charge in [-0.2, -0.15) is 5.26 Å². The molecule has 3 heteroatoms. The van der Waals surface area contributed by atoms with Crippen molar-refractivity contribution in [3.05, 3.63) is 47.0 Å². The minimum atomic E-state index is 0.798. The highest BCUT2D eigenvalue weighted by Gasteiger charge is 2.22. The summed E-state index contributed by atoms with van der Waals surface area (Å²) in [7, 11) is 0. The Morgan fingerprint density at radius 2 is 1.80 bits per heavy atom. The molecule has 1 heterocycles. The summed E-state index contributed by atoms with van der Waals surface area (Å²) in [4.78, 5) is 4.79. The molecule has 0 atom stereocenters. The van der Waals surface area contributed by atoms with E-state index in [9.17, 15) is 5.26 Å². The van der Waals surface area contributed by atoms with Gasteiger partial charge in [-0.15, -0.1) is 11.8 Å². The fourth-order valence-electron chi connectivity index (χ4n) is 2.89. The highest BCUT2D eigenvalue weighted by Crippen LogP contribution is 2.35. The highest BCUT2D eigenvalue weighted by molar-refractivity contribution is 7.98. The second-order valence-electron chi connectivity index (χ2n) is 4.99. The van der Waals surface area contributed by atoms with Crippen LogP contribution in [0.1, 0.15) is 29.5 Å². The highest BCUT2D eigenvalue weighted by atomic mass is 32.2. The van der Waals surface area contributed by atoms with Crippen molar-refractivity contribution in [2.45, 2.75) is 30.7 Å². The maximum atomic E-state index is 9.46. The SMILES string of the molecule is CSc1nc(-c2ccccc2)c2c(c1C#N)CCCC2. The van der Waals surface area contributed by atoms with Crippen molar-refractivity contribution >= 4 is 11.8 Å². The number of pyridine rings is 1. The van der Waals surface area contributed by atoms with Gasteiger partial charge >= 0.3 is 0 Å². The molecule has 2 nitrogen and oxygen atoms in total. The van der Waals surface area contributed by atoms with E-state index in [1.807, 2.05) is 24.5 Å². The van der Waals surface area contributed by atoms with Crippen LogP contribution in [0, 0.1) is 11.3 Å². The Labute approximate surface area is 123 Å². The number of nitrogens with zero attached hydrogens (tertiary/aromatic N) is 2. The van der Waals surface area contributed by atoms with Gasteiger partial charge in [-0.1, -0.05) is 30.3 Å². The molecule has 0 N–H and O–H groups in total. The number of hydrogen-bond donors (Lipinski definition) is 0. The molecular formula is C17H16N2S. The van der Waals surface area contributed by atoms with E-state index >= 15 is 0 Å². The molecule has 0 saturated heterocycles. The van der Waals surface area contributed by atoms with Gasteiger partial charge in [0.05, 0.1) is 11.3 Å². The Morgan fingerprint density at radius 1 is 1.10 bits per heavy atom. The normalized spacial score (nSPS) is 13.6. The fourth-order valence-corrected chi connectivity index (χ4v) is 3.45. The zero-order valence-electron chi connectivity index (χ0n) is 11.5. The van der Waals surface area contributed by atoms with E-state index in [1.165, 1.54) is 24.0 Å². The lowest BCUT2D eigenvalue weighted by Crippen LogP contribution is -2.10. The number of fused-ring (bicyclic) bond motifs is 1. The van der Waals surface area contributed by atoms with Gasteiger partial charge in [0, 0.05) is 5.56 Å². The zero-order valence-corrected chi connectivity index (χ0v) is 12.3. The van der Waals surface area contributed by atoms with Crippen molar-refractivity contribution in [2.75, 3.05) is 6.26 Å². The van der Waals surface area contributed by atoms with Crippen LogP contribution < -0.4 is 0 Å². The average Bonchev–Trinajstić information content (AvgIpc) is 2.54. The van der Waals surface area contributed by atoms with E-state index in [-0.39, 0.29) is 0 Å². The smallest absolute Gasteiger partial charge is 0.115 e. The first kappa shape index (κ1) is 13.2. The largest absolute Gasteiger partial charge is 0.240 e. The van der Waals surface area contributed by atoms with Crippen LogP contribution in [0.15, 0.2) is 35.4 Å². The molecule has 0 bridgehead atoms. The number of aromatic nitrogens is 1. The van der Waals surface area contributed by atoms with Crippen LogP contribution in [-0.2, 0) is 12.8 Å².